The Balaban J connectivity index is 1.93. The Morgan fingerprint density at radius 2 is 1.34 bits per heavy atom. The zero-order chi connectivity index (χ0) is 20.7. The van der Waals surface area contributed by atoms with Gasteiger partial charge in [-0.2, -0.15) is 0 Å². The van der Waals surface area contributed by atoms with Crippen LogP contribution in [-0.4, -0.2) is 12.6 Å². The number of aryl methyl sites for hydroxylation is 1. The molecule has 0 aliphatic rings. The summed E-state index contributed by atoms with van der Waals surface area (Å²) in [4.78, 5) is 12.8. The SMILES string of the molecule is CCCCCCCCOc1ccccc1C(=O)Oc1ccccc1CCCCC. The summed E-state index contributed by atoms with van der Waals surface area (Å²) in [5.74, 6) is 0.903. The van der Waals surface area contributed by atoms with E-state index in [0.717, 1.165) is 31.2 Å². The number of unbranched alkanes of at least 4 members (excludes halogenated alkanes) is 7. The molecule has 0 amide bonds. The van der Waals surface area contributed by atoms with Gasteiger partial charge in [0.1, 0.15) is 17.1 Å². The van der Waals surface area contributed by atoms with E-state index in [0.29, 0.717) is 23.7 Å². The summed E-state index contributed by atoms with van der Waals surface area (Å²) < 4.78 is 11.7. The molecule has 0 bridgehead atoms. The van der Waals surface area contributed by atoms with Gasteiger partial charge in [0, 0.05) is 0 Å². The maximum Gasteiger partial charge on any atom is 0.347 e. The van der Waals surface area contributed by atoms with Gasteiger partial charge in [-0.05, 0) is 43.0 Å². The van der Waals surface area contributed by atoms with Crippen molar-refractivity contribution in [3.05, 3.63) is 59.7 Å². The smallest absolute Gasteiger partial charge is 0.347 e. The number of hydrogen-bond donors (Lipinski definition) is 0. The molecular weight excluding hydrogens is 360 g/mol. The highest BCUT2D eigenvalue weighted by atomic mass is 16.5. The quantitative estimate of drug-likeness (QED) is 0.190. The number of benzene rings is 2. The Hall–Kier alpha value is -2.29. The molecule has 0 aromatic heterocycles. The largest absolute Gasteiger partial charge is 0.493 e. The van der Waals surface area contributed by atoms with E-state index in [1.165, 1.54) is 38.5 Å². The van der Waals surface area contributed by atoms with Crippen LogP contribution in [0.15, 0.2) is 48.5 Å². The lowest BCUT2D eigenvalue weighted by atomic mass is 10.1. The van der Waals surface area contributed by atoms with Crippen molar-refractivity contribution in [2.45, 2.75) is 78.1 Å². The second kappa shape index (κ2) is 13.8. The first-order valence-electron chi connectivity index (χ1n) is 11.3. The van der Waals surface area contributed by atoms with E-state index in [4.69, 9.17) is 9.47 Å². The fraction of sp³-hybridized carbons (Fsp3) is 0.500. The van der Waals surface area contributed by atoms with Gasteiger partial charge in [-0.15, -0.1) is 0 Å². The molecule has 0 fully saturated rings. The van der Waals surface area contributed by atoms with Crippen LogP contribution in [-0.2, 0) is 6.42 Å². The second-order valence-corrected chi connectivity index (χ2v) is 7.57. The van der Waals surface area contributed by atoms with Gasteiger partial charge in [-0.25, -0.2) is 4.79 Å². The van der Waals surface area contributed by atoms with Crippen LogP contribution >= 0.6 is 0 Å². The number of carbonyl (C=O) groups is 1. The number of carbonyl (C=O) groups excluding carboxylic acids is 1. The summed E-state index contributed by atoms with van der Waals surface area (Å²) in [5, 5.41) is 0. The van der Waals surface area contributed by atoms with E-state index in [2.05, 4.69) is 13.8 Å². The van der Waals surface area contributed by atoms with Crippen LogP contribution in [0.5, 0.6) is 11.5 Å². The molecule has 0 aliphatic carbocycles. The van der Waals surface area contributed by atoms with Crippen molar-refractivity contribution in [2.75, 3.05) is 6.61 Å². The summed E-state index contributed by atoms with van der Waals surface area (Å²) in [6.07, 6.45) is 11.6. The summed E-state index contributed by atoms with van der Waals surface area (Å²) in [6, 6.07) is 15.2. The Labute approximate surface area is 176 Å². The molecule has 0 aliphatic heterocycles. The fourth-order valence-corrected chi connectivity index (χ4v) is 3.36. The molecule has 29 heavy (non-hydrogen) atoms. The summed E-state index contributed by atoms with van der Waals surface area (Å²) >= 11 is 0. The third-order valence-corrected chi connectivity index (χ3v) is 5.09. The standard InChI is InChI=1S/C26H36O3/c1-3-5-7-8-9-15-21-28-25-20-14-12-18-23(25)26(27)29-24-19-13-11-17-22(24)16-10-6-4-2/h11-14,17-20H,3-10,15-16,21H2,1-2H3. The minimum absolute atomic E-state index is 0.355. The van der Waals surface area contributed by atoms with Crippen molar-refractivity contribution in [1.29, 1.82) is 0 Å². The molecule has 0 N–H and O–H groups in total. The monoisotopic (exact) mass is 396 g/mol. The molecule has 0 unspecified atom stereocenters. The third-order valence-electron chi connectivity index (χ3n) is 5.09. The Morgan fingerprint density at radius 1 is 0.724 bits per heavy atom. The Morgan fingerprint density at radius 3 is 2.14 bits per heavy atom. The van der Waals surface area contributed by atoms with Gasteiger partial charge in [0.15, 0.2) is 0 Å². The van der Waals surface area contributed by atoms with Gasteiger partial charge in [0.25, 0.3) is 0 Å². The summed E-state index contributed by atoms with van der Waals surface area (Å²) in [7, 11) is 0. The maximum atomic E-state index is 12.8. The van der Waals surface area contributed by atoms with E-state index in [1.54, 1.807) is 6.07 Å². The van der Waals surface area contributed by atoms with Crippen molar-refractivity contribution in [2.24, 2.45) is 0 Å². The highest BCUT2D eigenvalue weighted by molar-refractivity contribution is 5.94. The zero-order valence-electron chi connectivity index (χ0n) is 18.1. The van der Waals surface area contributed by atoms with Crippen molar-refractivity contribution >= 4 is 5.97 Å². The molecule has 3 nitrogen and oxygen atoms in total. The van der Waals surface area contributed by atoms with Crippen LogP contribution in [0.3, 0.4) is 0 Å². The molecule has 0 saturated carbocycles. The first-order valence-corrected chi connectivity index (χ1v) is 11.3. The number of rotatable bonds is 14. The van der Waals surface area contributed by atoms with E-state index >= 15 is 0 Å². The van der Waals surface area contributed by atoms with Gasteiger partial charge >= 0.3 is 5.97 Å². The van der Waals surface area contributed by atoms with E-state index in [1.807, 2.05) is 42.5 Å². The van der Waals surface area contributed by atoms with Crippen molar-refractivity contribution in [1.82, 2.24) is 0 Å². The molecule has 158 valence electrons. The lowest BCUT2D eigenvalue weighted by Gasteiger charge is -2.13. The molecule has 0 radical (unpaired) electrons. The van der Waals surface area contributed by atoms with E-state index < -0.39 is 0 Å². The number of para-hydroxylation sites is 2. The van der Waals surface area contributed by atoms with Crippen molar-refractivity contribution in [3.8, 4) is 11.5 Å². The predicted molar refractivity (Wildman–Crippen MR) is 120 cm³/mol. The topological polar surface area (TPSA) is 35.5 Å². The molecule has 2 aromatic rings. The first-order chi connectivity index (χ1) is 14.3. The van der Waals surface area contributed by atoms with Crippen LogP contribution in [0.25, 0.3) is 0 Å². The van der Waals surface area contributed by atoms with Crippen LogP contribution in [0.1, 0.15) is 87.6 Å². The van der Waals surface area contributed by atoms with Crippen LogP contribution in [0.4, 0.5) is 0 Å². The van der Waals surface area contributed by atoms with Gasteiger partial charge in [0.05, 0.1) is 6.61 Å². The normalized spacial score (nSPS) is 10.7. The molecule has 3 heteroatoms. The highest BCUT2D eigenvalue weighted by Gasteiger charge is 2.16. The minimum Gasteiger partial charge on any atom is -0.493 e. The first kappa shape index (κ1) is 23.0. The van der Waals surface area contributed by atoms with Crippen molar-refractivity contribution in [3.63, 3.8) is 0 Å². The second-order valence-electron chi connectivity index (χ2n) is 7.57. The van der Waals surface area contributed by atoms with Gasteiger partial charge in [-0.3, -0.25) is 0 Å². The minimum atomic E-state index is -0.355. The highest BCUT2D eigenvalue weighted by Crippen LogP contribution is 2.25. The summed E-state index contributed by atoms with van der Waals surface area (Å²) in [5.41, 5.74) is 1.57. The van der Waals surface area contributed by atoms with Crippen LogP contribution < -0.4 is 9.47 Å². The molecule has 0 spiro atoms. The lowest BCUT2D eigenvalue weighted by Crippen LogP contribution is -2.12. The number of esters is 1. The molecule has 0 heterocycles. The van der Waals surface area contributed by atoms with Crippen LogP contribution in [0.2, 0.25) is 0 Å². The maximum absolute atomic E-state index is 12.8. The Kier molecular flexibility index (Phi) is 11.0. The average molecular weight is 397 g/mol. The number of ether oxygens (including phenoxy) is 2. The van der Waals surface area contributed by atoms with E-state index in [-0.39, 0.29) is 5.97 Å². The molecular formula is C26H36O3. The average Bonchev–Trinajstić information content (AvgIpc) is 2.74. The summed E-state index contributed by atoms with van der Waals surface area (Å²) in [6.45, 7) is 5.04. The van der Waals surface area contributed by atoms with Gasteiger partial charge in [-0.1, -0.05) is 89.1 Å². The third kappa shape index (κ3) is 8.31. The van der Waals surface area contributed by atoms with E-state index in [9.17, 15) is 4.79 Å². The van der Waals surface area contributed by atoms with Crippen LogP contribution in [0, 0.1) is 0 Å². The predicted octanol–water partition coefficient (Wildman–Crippen LogP) is 7.38. The van der Waals surface area contributed by atoms with Gasteiger partial charge < -0.3 is 9.47 Å². The Bertz CT molecular complexity index is 723. The molecule has 2 aromatic carbocycles. The molecule has 2 rings (SSSR count). The van der Waals surface area contributed by atoms with Gasteiger partial charge in [0.2, 0.25) is 0 Å². The molecule has 0 atom stereocenters. The molecule has 0 saturated heterocycles. The fourth-order valence-electron chi connectivity index (χ4n) is 3.36. The number of hydrogen-bond acceptors (Lipinski definition) is 3. The zero-order valence-corrected chi connectivity index (χ0v) is 18.1. The lowest BCUT2D eigenvalue weighted by molar-refractivity contribution is 0.0728. The van der Waals surface area contributed by atoms with Crippen molar-refractivity contribution < 1.29 is 14.3 Å².